The van der Waals surface area contributed by atoms with Crippen LogP contribution in [-0.4, -0.2) is 53.0 Å². The maximum atomic E-state index is 13.0. The van der Waals surface area contributed by atoms with E-state index in [2.05, 4.69) is 13.8 Å². The Morgan fingerprint density at radius 3 is 2.28 bits per heavy atom. The number of nitrogens with zero attached hydrogens (tertiary/aromatic N) is 2. The summed E-state index contributed by atoms with van der Waals surface area (Å²) in [5.41, 5.74) is 0.797. The predicted octanol–water partition coefficient (Wildman–Crippen LogP) is 3.66. The smallest absolute Gasteiger partial charge is 0.254 e. The van der Waals surface area contributed by atoms with Crippen LogP contribution in [0.25, 0.3) is 0 Å². The summed E-state index contributed by atoms with van der Waals surface area (Å²) in [5.74, 6) is 0.513. The molecule has 2 aliphatic rings. The van der Waals surface area contributed by atoms with Crippen LogP contribution in [-0.2, 0) is 4.79 Å². The SMILES string of the molecule is CC(C)Sc1ccccc1C(=O)N1CCC(C(=O)N2CCCC2)CC1. The number of carbonyl (C=O) groups is 2. The first-order valence-corrected chi connectivity index (χ1v) is 10.3. The van der Waals surface area contributed by atoms with E-state index >= 15 is 0 Å². The zero-order chi connectivity index (χ0) is 17.8. The molecule has 0 unspecified atom stereocenters. The maximum absolute atomic E-state index is 13.0. The molecule has 0 atom stereocenters. The normalized spacial score (nSPS) is 18.8. The molecular formula is C20H28N2O2S. The second-order valence-electron chi connectivity index (χ2n) is 7.26. The van der Waals surface area contributed by atoms with Gasteiger partial charge in [0.2, 0.25) is 5.91 Å². The minimum Gasteiger partial charge on any atom is -0.342 e. The molecule has 0 aromatic heterocycles. The molecule has 5 heteroatoms. The van der Waals surface area contributed by atoms with E-state index in [1.54, 1.807) is 11.8 Å². The van der Waals surface area contributed by atoms with Crippen molar-refractivity contribution >= 4 is 23.6 Å². The van der Waals surface area contributed by atoms with Gasteiger partial charge in [-0.05, 0) is 37.8 Å². The van der Waals surface area contributed by atoms with E-state index in [0.29, 0.717) is 24.2 Å². The molecular weight excluding hydrogens is 332 g/mol. The molecule has 0 bridgehead atoms. The highest BCUT2D eigenvalue weighted by molar-refractivity contribution is 8.00. The van der Waals surface area contributed by atoms with Gasteiger partial charge < -0.3 is 9.80 Å². The van der Waals surface area contributed by atoms with Crippen molar-refractivity contribution in [3.63, 3.8) is 0 Å². The quantitative estimate of drug-likeness (QED) is 0.770. The average molecular weight is 361 g/mol. The number of piperidine rings is 1. The fraction of sp³-hybridized carbons (Fsp3) is 0.600. The monoisotopic (exact) mass is 360 g/mol. The van der Waals surface area contributed by atoms with Crippen LogP contribution in [0.5, 0.6) is 0 Å². The third-order valence-corrected chi connectivity index (χ3v) is 6.11. The van der Waals surface area contributed by atoms with Gasteiger partial charge in [0.15, 0.2) is 0 Å². The van der Waals surface area contributed by atoms with Crippen LogP contribution in [0, 0.1) is 5.92 Å². The molecule has 0 N–H and O–H groups in total. The Labute approximate surface area is 154 Å². The van der Waals surface area contributed by atoms with Gasteiger partial charge in [0.25, 0.3) is 5.91 Å². The summed E-state index contributed by atoms with van der Waals surface area (Å²) < 4.78 is 0. The number of hydrogen-bond acceptors (Lipinski definition) is 3. The second kappa shape index (κ2) is 8.26. The summed E-state index contributed by atoms with van der Waals surface area (Å²) in [6.07, 6.45) is 3.85. The van der Waals surface area contributed by atoms with Crippen LogP contribution >= 0.6 is 11.8 Å². The highest BCUT2D eigenvalue weighted by atomic mass is 32.2. The number of thioether (sulfide) groups is 1. The van der Waals surface area contributed by atoms with E-state index in [1.807, 2.05) is 34.1 Å². The summed E-state index contributed by atoms with van der Waals surface area (Å²) in [6, 6.07) is 7.87. The van der Waals surface area contributed by atoms with Crippen molar-refractivity contribution in [3.05, 3.63) is 29.8 Å². The summed E-state index contributed by atoms with van der Waals surface area (Å²) >= 11 is 1.73. The number of carbonyl (C=O) groups excluding carboxylic acids is 2. The van der Waals surface area contributed by atoms with Crippen molar-refractivity contribution in [3.8, 4) is 0 Å². The number of hydrogen-bond donors (Lipinski definition) is 0. The fourth-order valence-electron chi connectivity index (χ4n) is 3.70. The van der Waals surface area contributed by atoms with Gasteiger partial charge in [-0.2, -0.15) is 0 Å². The van der Waals surface area contributed by atoms with Crippen LogP contribution in [0.4, 0.5) is 0 Å². The van der Waals surface area contributed by atoms with Crippen LogP contribution in [0.1, 0.15) is 49.9 Å². The molecule has 2 heterocycles. The summed E-state index contributed by atoms with van der Waals surface area (Å²) in [4.78, 5) is 30.5. The van der Waals surface area contributed by atoms with E-state index in [1.165, 1.54) is 0 Å². The molecule has 2 aliphatic heterocycles. The highest BCUT2D eigenvalue weighted by Crippen LogP contribution is 2.29. The molecule has 4 nitrogen and oxygen atoms in total. The Balaban J connectivity index is 1.61. The Morgan fingerprint density at radius 1 is 1.00 bits per heavy atom. The summed E-state index contributed by atoms with van der Waals surface area (Å²) in [6.45, 7) is 7.48. The molecule has 0 aliphatic carbocycles. The van der Waals surface area contributed by atoms with E-state index in [0.717, 1.165) is 49.2 Å². The van der Waals surface area contributed by atoms with Gasteiger partial charge in [0, 0.05) is 42.2 Å². The van der Waals surface area contributed by atoms with Crippen LogP contribution < -0.4 is 0 Å². The van der Waals surface area contributed by atoms with E-state index in [9.17, 15) is 9.59 Å². The van der Waals surface area contributed by atoms with Gasteiger partial charge in [-0.1, -0.05) is 26.0 Å². The lowest BCUT2D eigenvalue weighted by atomic mass is 9.95. The van der Waals surface area contributed by atoms with Gasteiger partial charge in [0.05, 0.1) is 5.56 Å². The molecule has 3 rings (SSSR count). The second-order valence-corrected chi connectivity index (χ2v) is 8.88. The van der Waals surface area contributed by atoms with Crippen LogP contribution in [0.2, 0.25) is 0 Å². The van der Waals surface area contributed by atoms with Gasteiger partial charge in [-0.15, -0.1) is 11.8 Å². The van der Waals surface area contributed by atoms with Crippen LogP contribution in [0.3, 0.4) is 0 Å². The van der Waals surface area contributed by atoms with E-state index < -0.39 is 0 Å². The Hall–Kier alpha value is -1.49. The van der Waals surface area contributed by atoms with Crippen molar-refractivity contribution in [1.82, 2.24) is 9.80 Å². The Morgan fingerprint density at radius 2 is 1.64 bits per heavy atom. The fourth-order valence-corrected chi connectivity index (χ4v) is 4.64. The van der Waals surface area contributed by atoms with Crippen molar-refractivity contribution < 1.29 is 9.59 Å². The minimum atomic E-state index is 0.0995. The first-order valence-electron chi connectivity index (χ1n) is 9.40. The lowest BCUT2D eigenvalue weighted by Crippen LogP contribution is -2.43. The molecule has 1 aromatic carbocycles. The molecule has 0 radical (unpaired) electrons. The lowest BCUT2D eigenvalue weighted by molar-refractivity contribution is -0.135. The predicted molar refractivity (Wildman–Crippen MR) is 102 cm³/mol. The Kier molecular flexibility index (Phi) is 6.05. The first-order chi connectivity index (χ1) is 12.1. The zero-order valence-electron chi connectivity index (χ0n) is 15.2. The average Bonchev–Trinajstić information content (AvgIpc) is 3.15. The summed E-state index contributed by atoms with van der Waals surface area (Å²) in [5, 5.41) is 0.442. The maximum Gasteiger partial charge on any atom is 0.254 e. The minimum absolute atomic E-state index is 0.0995. The molecule has 0 spiro atoms. The van der Waals surface area contributed by atoms with Crippen molar-refractivity contribution in [2.75, 3.05) is 26.2 Å². The van der Waals surface area contributed by atoms with Crippen molar-refractivity contribution in [1.29, 1.82) is 0 Å². The van der Waals surface area contributed by atoms with E-state index in [-0.39, 0.29) is 11.8 Å². The zero-order valence-corrected chi connectivity index (χ0v) is 16.1. The molecule has 1 aromatic rings. The summed E-state index contributed by atoms with van der Waals surface area (Å²) in [7, 11) is 0. The van der Waals surface area contributed by atoms with Crippen molar-refractivity contribution in [2.24, 2.45) is 5.92 Å². The molecule has 2 fully saturated rings. The first kappa shape index (κ1) is 18.3. The van der Waals surface area contributed by atoms with E-state index in [4.69, 9.17) is 0 Å². The number of likely N-dealkylation sites (tertiary alicyclic amines) is 2. The lowest BCUT2D eigenvalue weighted by Gasteiger charge is -2.33. The third-order valence-electron chi connectivity index (χ3n) is 5.03. The standard InChI is InChI=1S/C20H28N2O2S/c1-15(2)25-18-8-4-3-7-17(18)20(24)22-13-9-16(10-14-22)19(23)21-11-5-6-12-21/h3-4,7-8,15-16H,5-6,9-14H2,1-2H3. The van der Waals surface area contributed by atoms with Gasteiger partial charge in [0.1, 0.15) is 0 Å². The largest absolute Gasteiger partial charge is 0.342 e. The molecule has 2 amide bonds. The molecule has 0 saturated carbocycles. The third kappa shape index (κ3) is 4.38. The molecule has 136 valence electrons. The topological polar surface area (TPSA) is 40.6 Å². The van der Waals surface area contributed by atoms with Gasteiger partial charge >= 0.3 is 0 Å². The number of benzene rings is 1. The number of rotatable bonds is 4. The molecule has 2 saturated heterocycles. The Bertz CT molecular complexity index is 618. The highest BCUT2D eigenvalue weighted by Gasteiger charge is 2.31. The van der Waals surface area contributed by atoms with Gasteiger partial charge in [-0.3, -0.25) is 9.59 Å². The van der Waals surface area contributed by atoms with Gasteiger partial charge in [-0.25, -0.2) is 0 Å². The number of amides is 2. The molecule has 25 heavy (non-hydrogen) atoms. The van der Waals surface area contributed by atoms with Crippen molar-refractivity contribution in [2.45, 2.75) is 49.7 Å². The van der Waals surface area contributed by atoms with Crippen LogP contribution in [0.15, 0.2) is 29.2 Å².